The number of rotatable bonds is 5. The molecule has 0 aliphatic heterocycles. The summed E-state index contributed by atoms with van der Waals surface area (Å²) >= 11 is 6.23. The number of halogens is 1. The van der Waals surface area contributed by atoms with Crippen LogP contribution in [-0.4, -0.2) is 29.4 Å². The van der Waals surface area contributed by atoms with E-state index in [1.807, 2.05) is 31.3 Å². The molecule has 0 aliphatic carbocycles. The molecule has 0 N–H and O–H groups in total. The summed E-state index contributed by atoms with van der Waals surface area (Å²) < 4.78 is 0. The zero-order valence-electron chi connectivity index (χ0n) is 11.9. The summed E-state index contributed by atoms with van der Waals surface area (Å²) in [6, 6.07) is 9.24. The van der Waals surface area contributed by atoms with Crippen molar-refractivity contribution in [3.63, 3.8) is 0 Å². The Bertz CT molecular complexity index is 612. The van der Waals surface area contributed by atoms with Gasteiger partial charge in [-0.05, 0) is 18.6 Å². The minimum Gasteiger partial charge on any atom is -0.340 e. The number of hydrogen-bond donors (Lipinski definition) is 0. The number of para-hydroxylation sites is 1. The predicted octanol–water partition coefficient (Wildman–Crippen LogP) is 4.15. The number of fused-ring (bicyclic) bond motifs is 1. The van der Waals surface area contributed by atoms with E-state index in [9.17, 15) is 4.79 Å². The summed E-state index contributed by atoms with van der Waals surface area (Å²) in [6.07, 6.45) is 3.28. The molecule has 3 nitrogen and oxygen atoms in total. The van der Waals surface area contributed by atoms with Gasteiger partial charge in [-0.2, -0.15) is 0 Å². The summed E-state index contributed by atoms with van der Waals surface area (Å²) in [7, 11) is 1.81. The van der Waals surface area contributed by atoms with E-state index < -0.39 is 0 Å². The number of hydrogen-bond acceptors (Lipinski definition) is 2. The first-order chi connectivity index (χ1) is 9.63. The zero-order chi connectivity index (χ0) is 14.5. The molecule has 0 bridgehead atoms. The first-order valence-electron chi connectivity index (χ1n) is 6.94. The maximum atomic E-state index is 12.3. The number of amides is 1. The van der Waals surface area contributed by atoms with Gasteiger partial charge in [0.15, 0.2) is 0 Å². The van der Waals surface area contributed by atoms with Crippen molar-refractivity contribution in [3.05, 3.63) is 41.0 Å². The lowest BCUT2D eigenvalue weighted by Crippen LogP contribution is -2.28. The van der Waals surface area contributed by atoms with Crippen molar-refractivity contribution in [3.8, 4) is 0 Å². The fourth-order valence-electron chi connectivity index (χ4n) is 2.14. The minimum absolute atomic E-state index is 0.0752. The highest BCUT2D eigenvalue weighted by molar-refractivity contribution is 6.35. The van der Waals surface area contributed by atoms with Crippen LogP contribution in [0, 0.1) is 0 Å². The third-order valence-electron chi connectivity index (χ3n) is 3.33. The Morgan fingerprint density at radius 2 is 2.05 bits per heavy atom. The van der Waals surface area contributed by atoms with Crippen LogP contribution in [0.3, 0.4) is 0 Å². The maximum absolute atomic E-state index is 12.3. The Labute approximate surface area is 124 Å². The van der Waals surface area contributed by atoms with Crippen molar-refractivity contribution >= 4 is 28.4 Å². The molecule has 2 rings (SSSR count). The van der Waals surface area contributed by atoms with Crippen LogP contribution in [-0.2, 0) is 0 Å². The second-order valence-corrected chi connectivity index (χ2v) is 5.35. The SMILES string of the molecule is CCCCCN(C)C(=O)c1cc(Cl)c2ccccc2n1. The van der Waals surface area contributed by atoms with Crippen molar-refractivity contribution in [2.45, 2.75) is 26.2 Å². The van der Waals surface area contributed by atoms with Crippen LogP contribution in [0.4, 0.5) is 0 Å². The molecule has 1 amide bonds. The van der Waals surface area contributed by atoms with Crippen LogP contribution in [0.15, 0.2) is 30.3 Å². The van der Waals surface area contributed by atoms with Gasteiger partial charge in [-0.25, -0.2) is 4.98 Å². The summed E-state index contributed by atoms with van der Waals surface area (Å²) in [5.74, 6) is -0.0752. The Morgan fingerprint density at radius 1 is 1.30 bits per heavy atom. The van der Waals surface area contributed by atoms with Gasteiger partial charge in [0.1, 0.15) is 5.69 Å². The van der Waals surface area contributed by atoms with Crippen molar-refractivity contribution in [2.24, 2.45) is 0 Å². The third kappa shape index (κ3) is 3.28. The largest absolute Gasteiger partial charge is 0.340 e. The molecule has 4 heteroatoms. The molecule has 2 aromatic rings. The number of benzene rings is 1. The first kappa shape index (κ1) is 14.8. The monoisotopic (exact) mass is 290 g/mol. The van der Waals surface area contributed by atoms with Crippen molar-refractivity contribution in [1.82, 2.24) is 9.88 Å². The van der Waals surface area contributed by atoms with E-state index in [1.165, 1.54) is 0 Å². The molecule has 0 aliphatic rings. The van der Waals surface area contributed by atoms with Crippen molar-refractivity contribution in [1.29, 1.82) is 0 Å². The van der Waals surface area contributed by atoms with Gasteiger partial charge >= 0.3 is 0 Å². The second-order valence-electron chi connectivity index (χ2n) is 4.94. The van der Waals surface area contributed by atoms with Crippen LogP contribution in [0.25, 0.3) is 10.9 Å². The third-order valence-corrected chi connectivity index (χ3v) is 3.64. The highest BCUT2D eigenvalue weighted by Crippen LogP contribution is 2.23. The van der Waals surface area contributed by atoms with Crippen molar-refractivity contribution < 1.29 is 4.79 Å². The lowest BCUT2D eigenvalue weighted by Gasteiger charge is -2.17. The van der Waals surface area contributed by atoms with E-state index in [2.05, 4.69) is 11.9 Å². The molecule has 0 unspecified atom stereocenters. The van der Waals surface area contributed by atoms with Gasteiger partial charge in [0.05, 0.1) is 10.5 Å². The van der Waals surface area contributed by atoms with E-state index in [0.29, 0.717) is 10.7 Å². The fraction of sp³-hybridized carbons (Fsp3) is 0.375. The van der Waals surface area contributed by atoms with Gasteiger partial charge in [-0.1, -0.05) is 49.6 Å². The van der Waals surface area contributed by atoms with Crippen LogP contribution < -0.4 is 0 Å². The summed E-state index contributed by atoms with van der Waals surface area (Å²) in [5.41, 5.74) is 1.16. The Kier molecular flexibility index (Phi) is 4.96. The molecular weight excluding hydrogens is 272 g/mol. The molecule has 1 aromatic heterocycles. The van der Waals surface area contributed by atoms with Crippen LogP contribution in [0.1, 0.15) is 36.7 Å². The Hall–Kier alpha value is -1.61. The van der Waals surface area contributed by atoms with E-state index in [-0.39, 0.29) is 5.91 Å². The lowest BCUT2D eigenvalue weighted by atomic mass is 10.2. The van der Waals surface area contributed by atoms with Crippen LogP contribution in [0.2, 0.25) is 5.02 Å². The summed E-state index contributed by atoms with van der Waals surface area (Å²) in [6.45, 7) is 2.89. The van der Waals surface area contributed by atoms with Gasteiger partial charge in [0, 0.05) is 19.0 Å². The number of pyridine rings is 1. The molecule has 0 spiro atoms. The highest BCUT2D eigenvalue weighted by atomic mass is 35.5. The van der Waals surface area contributed by atoms with Gasteiger partial charge < -0.3 is 4.90 Å². The number of unbranched alkanes of at least 4 members (excludes halogenated alkanes) is 2. The van der Waals surface area contributed by atoms with Gasteiger partial charge in [-0.15, -0.1) is 0 Å². The molecule has 0 fully saturated rings. The van der Waals surface area contributed by atoms with E-state index in [0.717, 1.165) is 36.7 Å². The number of carbonyl (C=O) groups is 1. The molecule has 0 radical (unpaired) electrons. The molecule has 0 saturated heterocycles. The quantitative estimate of drug-likeness (QED) is 0.775. The topological polar surface area (TPSA) is 33.2 Å². The predicted molar refractivity (Wildman–Crippen MR) is 83.2 cm³/mol. The van der Waals surface area contributed by atoms with Gasteiger partial charge in [0.25, 0.3) is 5.91 Å². The molecule has 20 heavy (non-hydrogen) atoms. The molecule has 106 valence electrons. The molecule has 0 atom stereocenters. The Morgan fingerprint density at radius 3 is 2.80 bits per heavy atom. The molecule has 1 heterocycles. The average Bonchev–Trinajstić information content (AvgIpc) is 2.46. The second kappa shape index (κ2) is 6.71. The maximum Gasteiger partial charge on any atom is 0.272 e. The standard InChI is InChI=1S/C16H19ClN2O/c1-3-4-7-10-19(2)16(20)15-11-13(17)12-8-5-6-9-14(12)18-15/h5-6,8-9,11H,3-4,7,10H2,1-2H3. The van der Waals surface area contributed by atoms with E-state index >= 15 is 0 Å². The summed E-state index contributed by atoms with van der Waals surface area (Å²) in [5, 5.41) is 1.44. The van der Waals surface area contributed by atoms with Crippen LogP contribution >= 0.6 is 11.6 Å². The molecular formula is C16H19ClN2O. The minimum atomic E-state index is -0.0752. The van der Waals surface area contributed by atoms with Crippen LogP contribution in [0.5, 0.6) is 0 Å². The van der Waals surface area contributed by atoms with Crippen molar-refractivity contribution in [2.75, 3.05) is 13.6 Å². The van der Waals surface area contributed by atoms with Gasteiger partial charge in [-0.3, -0.25) is 4.79 Å². The summed E-state index contributed by atoms with van der Waals surface area (Å²) in [4.78, 5) is 18.5. The van der Waals surface area contributed by atoms with E-state index in [1.54, 1.807) is 11.0 Å². The fourth-order valence-corrected chi connectivity index (χ4v) is 2.40. The number of aromatic nitrogens is 1. The first-order valence-corrected chi connectivity index (χ1v) is 7.32. The molecule has 1 aromatic carbocycles. The normalized spacial score (nSPS) is 10.8. The van der Waals surface area contributed by atoms with Gasteiger partial charge in [0.2, 0.25) is 0 Å². The highest BCUT2D eigenvalue weighted by Gasteiger charge is 2.15. The Balaban J connectivity index is 2.22. The smallest absolute Gasteiger partial charge is 0.272 e. The average molecular weight is 291 g/mol. The molecule has 0 saturated carbocycles. The number of nitrogens with zero attached hydrogens (tertiary/aromatic N) is 2. The van der Waals surface area contributed by atoms with E-state index in [4.69, 9.17) is 11.6 Å². The number of carbonyl (C=O) groups excluding carboxylic acids is 1. The lowest BCUT2D eigenvalue weighted by molar-refractivity contribution is 0.0787. The zero-order valence-corrected chi connectivity index (χ0v) is 12.7.